The Kier molecular flexibility index (Phi) is 4.33. The smallest absolute Gasteiger partial charge is 0.251 e. The van der Waals surface area contributed by atoms with E-state index in [0.29, 0.717) is 12.5 Å². The molecule has 1 saturated carbocycles. The van der Waals surface area contributed by atoms with Crippen LogP contribution < -0.4 is 10.5 Å². The summed E-state index contributed by atoms with van der Waals surface area (Å²) in [7, 11) is -3.89. The Labute approximate surface area is 129 Å². The number of rotatable bonds is 5. The number of hydrogen-bond acceptors (Lipinski definition) is 3. The molecule has 21 heavy (non-hydrogen) atoms. The van der Waals surface area contributed by atoms with Crippen molar-refractivity contribution in [2.45, 2.75) is 31.6 Å². The van der Waals surface area contributed by atoms with Gasteiger partial charge in [0, 0.05) is 17.1 Å². The van der Waals surface area contributed by atoms with Gasteiger partial charge in [-0.05, 0) is 42.4 Å². The van der Waals surface area contributed by atoms with Crippen LogP contribution in [0.3, 0.4) is 0 Å². The second kappa shape index (κ2) is 5.59. The lowest BCUT2D eigenvalue weighted by atomic mass is 9.92. The molecule has 1 aromatic rings. The average molecular weight is 331 g/mol. The molecule has 1 aliphatic rings. The molecule has 0 aliphatic heterocycles. The molecule has 1 fully saturated rings. The lowest BCUT2D eigenvalue weighted by Gasteiger charge is -2.20. The Morgan fingerprint density at radius 3 is 2.48 bits per heavy atom. The van der Waals surface area contributed by atoms with E-state index < -0.39 is 10.0 Å². The van der Waals surface area contributed by atoms with Gasteiger partial charge in [-0.25, -0.2) is 13.6 Å². The summed E-state index contributed by atoms with van der Waals surface area (Å²) in [4.78, 5) is 12.0. The number of carbonyl (C=O) groups excluding carboxylic acids is 1. The highest BCUT2D eigenvalue weighted by Gasteiger charge is 2.45. The van der Waals surface area contributed by atoms with Gasteiger partial charge in [0.1, 0.15) is 0 Å². The molecule has 1 amide bonds. The van der Waals surface area contributed by atoms with Crippen molar-refractivity contribution in [1.82, 2.24) is 5.32 Å². The molecule has 7 heteroatoms. The van der Waals surface area contributed by atoms with Crippen LogP contribution in [0.4, 0.5) is 0 Å². The third kappa shape index (κ3) is 3.75. The van der Waals surface area contributed by atoms with Crippen molar-refractivity contribution >= 4 is 27.5 Å². The normalized spacial score (nSPS) is 16.8. The van der Waals surface area contributed by atoms with E-state index in [0.717, 1.165) is 12.8 Å². The second-order valence-corrected chi connectivity index (χ2v) is 7.92. The molecule has 5 nitrogen and oxygen atoms in total. The van der Waals surface area contributed by atoms with Gasteiger partial charge >= 0.3 is 0 Å². The number of nitrogens with two attached hydrogens (primary N) is 1. The topological polar surface area (TPSA) is 89.3 Å². The van der Waals surface area contributed by atoms with Gasteiger partial charge in [-0.3, -0.25) is 4.79 Å². The Bertz CT molecular complexity index is 667. The van der Waals surface area contributed by atoms with Crippen molar-refractivity contribution in [3.05, 3.63) is 28.8 Å². The van der Waals surface area contributed by atoms with Crippen LogP contribution in [-0.4, -0.2) is 20.9 Å². The van der Waals surface area contributed by atoms with Gasteiger partial charge in [0.2, 0.25) is 10.0 Å². The maximum absolute atomic E-state index is 12.2. The second-order valence-electron chi connectivity index (χ2n) is 5.92. The predicted octanol–water partition coefficient (Wildman–Crippen LogP) is 2.15. The largest absolute Gasteiger partial charge is 0.351 e. The van der Waals surface area contributed by atoms with Gasteiger partial charge in [0.15, 0.2) is 0 Å². The summed E-state index contributed by atoms with van der Waals surface area (Å²) in [5.41, 5.74) is 0.378. The first kappa shape index (κ1) is 16.3. The summed E-state index contributed by atoms with van der Waals surface area (Å²) in [6, 6.07) is 3.90. The Hall–Kier alpha value is -1.11. The minimum absolute atomic E-state index is 0.162. The Morgan fingerprint density at radius 1 is 1.38 bits per heavy atom. The van der Waals surface area contributed by atoms with Crippen LogP contribution in [0.2, 0.25) is 5.02 Å². The van der Waals surface area contributed by atoms with Crippen molar-refractivity contribution in [2.75, 3.05) is 6.54 Å². The van der Waals surface area contributed by atoms with E-state index in [1.165, 1.54) is 18.2 Å². The molecule has 0 radical (unpaired) electrons. The molecule has 1 aromatic carbocycles. The molecule has 3 N–H and O–H groups in total. The van der Waals surface area contributed by atoms with Crippen molar-refractivity contribution in [2.24, 2.45) is 16.5 Å². The first-order valence-corrected chi connectivity index (χ1v) is 8.68. The van der Waals surface area contributed by atoms with Crippen LogP contribution in [0, 0.1) is 11.3 Å². The number of halogens is 1. The molecule has 0 aromatic heterocycles. The minimum atomic E-state index is -3.89. The fourth-order valence-corrected chi connectivity index (χ4v) is 3.22. The van der Waals surface area contributed by atoms with E-state index in [4.69, 9.17) is 16.7 Å². The van der Waals surface area contributed by atoms with Crippen molar-refractivity contribution < 1.29 is 13.2 Å². The molecule has 0 spiro atoms. The van der Waals surface area contributed by atoms with Crippen molar-refractivity contribution in [3.8, 4) is 0 Å². The quantitative estimate of drug-likeness (QED) is 0.866. The number of nitrogens with one attached hydrogen (secondary N) is 1. The summed E-state index contributed by atoms with van der Waals surface area (Å²) in [6.45, 7) is 4.86. The van der Waals surface area contributed by atoms with E-state index in [1.54, 1.807) is 0 Å². The predicted molar refractivity (Wildman–Crippen MR) is 81.7 cm³/mol. The maximum Gasteiger partial charge on any atom is 0.251 e. The van der Waals surface area contributed by atoms with E-state index in [1.807, 2.05) is 0 Å². The van der Waals surface area contributed by atoms with Gasteiger partial charge in [-0.2, -0.15) is 0 Å². The zero-order valence-corrected chi connectivity index (χ0v) is 13.6. The molecule has 0 bridgehead atoms. The highest BCUT2D eigenvalue weighted by atomic mass is 35.5. The van der Waals surface area contributed by atoms with Crippen LogP contribution in [-0.2, 0) is 10.0 Å². The van der Waals surface area contributed by atoms with E-state index in [9.17, 15) is 13.2 Å². The number of benzene rings is 1. The molecule has 2 rings (SSSR count). The number of amides is 1. The Balaban J connectivity index is 2.15. The molecule has 116 valence electrons. The molecule has 0 atom stereocenters. The van der Waals surface area contributed by atoms with Crippen LogP contribution >= 0.6 is 11.6 Å². The lowest BCUT2D eigenvalue weighted by Crippen LogP contribution is -2.32. The fourth-order valence-electron chi connectivity index (χ4n) is 2.34. The molecule has 0 saturated heterocycles. The number of carbonyl (C=O) groups is 1. The fraction of sp³-hybridized carbons (Fsp3) is 0.500. The Morgan fingerprint density at radius 2 is 2.00 bits per heavy atom. The van der Waals surface area contributed by atoms with Crippen molar-refractivity contribution in [3.63, 3.8) is 0 Å². The summed E-state index contributed by atoms with van der Waals surface area (Å²) < 4.78 is 22.7. The van der Waals surface area contributed by atoms with Crippen LogP contribution in [0.25, 0.3) is 0 Å². The van der Waals surface area contributed by atoms with E-state index in [-0.39, 0.29) is 26.8 Å². The first-order chi connectivity index (χ1) is 9.64. The van der Waals surface area contributed by atoms with Gasteiger partial charge in [0.05, 0.1) is 4.90 Å². The summed E-state index contributed by atoms with van der Waals surface area (Å²) in [6.07, 6.45) is 2.20. The molecular formula is C14H19ClN2O3S. The first-order valence-electron chi connectivity index (χ1n) is 6.76. The van der Waals surface area contributed by atoms with Gasteiger partial charge < -0.3 is 5.32 Å². The van der Waals surface area contributed by atoms with Gasteiger partial charge in [-0.15, -0.1) is 0 Å². The molecular weight excluding hydrogens is 312 g/mol. The molecule has 0 heterocycles. The lowest BCUT2D eigenvalue weighted by molar-refractivity contribution is 0.0939. The maximum atomic E-state index is 12.2. The number of hydrogen-bond donors (Lipinski definition) is 2. The van der Waals surface area contributed by atoms with Crippen LogP contribution in [0.5, 0.6) is 0 Å². The number of primary sulfonamides is 1. The number of sulfonamides is 1. The summed E-state index contributed by atoms with van der Waals surface area (Å²) in [5.74, 6) is 0.159. The van der Waals surface area contributed by atoms with Gasteiger partial charge in [-0.1, -0.05) is 25.4 Å². The monoisotopic (exact) mass is 330 g/mol. The van der Waals surface area contributed by atoms with Crippen LogP contribution in [0.1, 0.15) is 37.0 Å². The van der Waals surface area contributed by atoms with E-state index >= 15 is 0 Å². The highest BCUT2D eigenvalue weighted by Crippen LogP contribution is 2.51. The third-order valence-corrected chi connectivity index (χ3v) is 5.29. The van der Waals surface area contributed by atoms with Crippen molar-refractivity contribution in [1.29, 1.82) is 0 Å². The zero-order valence-electron chi connectivity index (χ0n) is 12.0. The summed E-state index contributed by atoms with van der Waals surface area (Å²) in [5, 5.41) is 8.09. The van der Waals surface area contributed by atoms with E-state index in [2.05, 4.69) is 19.2 Å². The summed E-state index contributed by atoms with van der Waals surface area (Å²) >= 11 is 5.85. The standard InChI is InChI=1S/C14H19ClN2O3S/c1-9(2)14(3-4-14)8-17-13(18)10-5-11(15)7-12(6-10)21(16,19)20/h5-7,9H,3-4,8H2,1-2H3,(H,17,18)(H2,16,19,20). The minimum Gasteiger partial charge on any atom is -0.351 e. The molecule has 0 unspecified atom stereocenters. The highest BCUT2D eigenvalue weighted by molar-refractivity contribution is 7.89. The third-order valence-electron chi connectivity index (χ3n) is 4.18. The van der Waals surface area contributed by atoms with Crippen LogP contribution in [0.15, 0.2) is 23.1 Å². The molecule has 1 aliphatic carbocycles. The zero-order chi connectivity index (χ0) is 15.8. The van der Waals surface area contributed by atoms with Gasteiger partial charge in [0.25, 0.3) is 5.91 Å². The average Bonchev–Trinajstić information content (AvgIpc) is 3.15. The SMILES string of the molecule is CC(C)C1(CNC(=O)c2cc(Cl)cc(S(N)(=O)=O)c2)CC1.